The van der Waals surface area contributed by atoms with E-state index in [2.05, 4.69) is 44.1 Å². The molecule has 0 bridgehead atoms. The van der Waals surface area contributed by atoms with Crippen molar-refractivity contribution >= 4 is 11.3 Å². The predicted octanol–water partition coefficient (Wildman–Crippen LogP) is 1.33. The minimum absolute atomic E-state index is 0.329. The maximum absolute atomic E-state index is 4.57. The Bertz CT molecular complexity index is 547. The second-order valence-electron chi connectivity index (χ2n) is 4.94. The molecule has 5 nitrogen and oxygen atoms in total. The topological polar surface area (TPSA) is 46.0 Å². The summed E-state index contributed by atoms with van der Waals surface area (Å²) in [7, 11) is 2.06. The van der Waals surface area contributed by atoms with Gasteiger partial charge in [-0.25, -0.2) is 9.97 Å². The summed E-state index contributed by atoms with van der Waals surface area (Å²) in [6, 6.07) is 0.329. The van der Waals surface area contributed by atoms with Crippen LogP contribution in [0.5, 0.6) is 0 Å². The molecule has 1 saturated heterocycles. The minimum atomic E-state index is 0.329. The van der Waals surface area contributed by atoms with E-state index in [1.54, 1.807) is 11.3 Å². The van der Waals surface area contributed by atoms with Crippen LogP contribution in [0.1, 0.15) is 22.6 Å². The Kier molecular flexibility index (Phi) is 3.63. The summed E-state index contributed by atoms with van der Waals surface area (Å²) in [5, 5.41) is 6.76. The molecule has 3 heterocycles. The molecule has 0 aliphatic carbocycles. The van der Waals surface area contributed by atoms with Gasteiger partial charge in [0.15, 0.2) is 0 Å². The lowest BCUT2D eigenvalue weighted by molar-refractivity contribution is 0.143. The number of aryl methyl sites for hydroxylation is 2. The third kappa shape index (κ3) is 2.70. The molecule has 0 aromatic carbocycles. The molecule has 3 rings (SSSR count). The number of hydrogen-bond acceptors (Lipinski definition) is 5. The van der Waals surface area contributed by atoms with Crippen LogP contribution < -0.4 is 5.32 Å². The molecule has 102 valence electrons. The Balaban J connectivity index is 1.79. The first kappa shape index (κ1) is 12.8. The van der Waals surface area contributed by atoms with E-state index >= 15 is 0 Å². The molecule has 0 saturated carbocycles. The summed E-state index contributed by atoms with van der Waals surface area (Å²) in [5.41, 5.74) is 1.17. The highest BCUT2D eigenvalue weighted by Crippen LogP contribution is 2.23. The van der Waals surface area contributed by atoms with Gasteiger partial charge in [0.2, 0.25) is 0 Å². The lowest BCUT2D eigenvalue weighted by Crippen LogP contribution is -2.46. The van der Waals surface area contributed by atoms with Crippen molar-refractivity contribution < 1.29 is 0 Å². The van der Waals surface area contributed by atoms with E-state index in [0.717, 1.165) is 37.0 Å². The zero-order valence-electron chi connectivity index (χ0n) is 11.3. The number of imidazole rings is 1. The van der Waals surface area contributed by atoms with Gasteiger partial charge in [-0.3, -0.25) is 4.90 Å². The highest BCUT2D eigenvalue weighted by molar-refractivity contribution is 7.09. The first-order valence-corrected chi connectivity index (χ1v) is 7.45. The molecular weight excluding hydrogens is 258 g/mol. The molecule has 0 spiro atoms. The Hall–Kier alpha value is -1.24. The first-order chi connectivity index (χ1) is 9.24. The molecule has 19 heavy (non-hydrogen) atoms. The zero-order valence-corrected chi connectivity index (χ0v) is 12.2. The Labute approximate surface area is 117 Å². The van der Waals surface area contributed by atoms with Crippen molar-refractivity contribution in [2.24, 2.45) is 7.05 Å². The third-order valence-electron chi connectivity index (χ3n) is 3.54. The van der Waals surface area contributed by atoms with Gasteiger partial charge in [-0.05, 0) is 6.92 Å². The first-order valence-electron chi connectivity index (χ1n) is 6.57. The highest BCUT2D eigenvalue weighted by Gasteiger charge is 2.27. The van der Waals surface area contributed by atoms with Gasteiger partial charge in [0.1, 0.15) is 5.82 Å². The normalized spacial score (nSPS) is 20.8. The molecule has 1 atom stereocenters. The Morgan fingerprint density at radius 3 is 3.11 bits per heavy atom. The smallest absolute Gasteiger partial charge is 0.127 e. The SMILES string of the molecule is Cc1nc(CN2CCNCC2c2nccn2C)cs1. The van der Waals surface area contributed by atoms with E-state index in [9.17, 15) is 0 Å². The lowest BCUT2D eigenvalue weighted by atomic mass is 10.1. The van der Waals surface area contributed by atoms with Gasteiger partial charge >= 0.3 is 0 Å². The van der Waals surface area contributed by atoms with Gasteiger partial charge in [0.05, 0.1) is 16.7 Å². The summed E-state index contributed by atoms with van der Waals surface area (Å²) in [5.74, 6) is 1.12. The number of rotatable bonds is 3. The second kappa shape index (κ2) is 5.40. The molecule has 1 aliphatic rings. The van der Waals surface area contributed by atoms with Crippen molar-refractivity contribution in [1.29, 1.82) is 0 Å². The summed E-state index contributed by atoms with van der Waals surface area (Å²) in [6.07, 6.45) is 3.88. The average molecular weight is 277 g/mol. The van der Waals surface area contributed by atoms with Crippen molar-refractivity contribution in [3.8, 4) is 0 Å². The Morgan fingerprint density at radius 1 is 1.53 bits per heavy atom. The van der Waals surface area contributed by atoms with Crippen molar-refractivity contribution in [3.05, 3.63) is 34.3 Å². The van der Waals surface area contributed by atoms with E-state index in [4.69, 9.17) is 0 Å². The van der Waals surface area contributed by atoms with Gasteiger partial charge < -0.3 is 9.88 Å². The third-order valence-corrected chi connectivity index (χ3v) is 4.36. The molecule has 1 unspecified atom stereocenters. The molecule has 1 aliphatic heterocycles. The van der Waals surface area contributed by atoms with Gasteiger partial charge in [0.25, 0.3) is 0 Å². The molecule has 1 fully saturated rings. The van der Waals surface area contributed by atoms with Gasteiger partial charge in [0, 0.05) is 51.0 Å². The largest absolute Gasteiger partial charge is 0.337 e. The molecule has 1 N–H and O–H groups in total. The van der Waals surface area contributed by atoms with Crippen LogP contribution in [0, 0.1) is 6.92 Å². The fourth-order valence-corrected chi connectivity index (χ4v) is 3.18. The summed E-state index contributed by atoms with van der Waals surface area (Å²) in [6.45, 7) is 5.98. The van der Waals surface area contributed by atoms with Gasteiger partial charge in [-0.1, -0.05) is 0 Å². The Morgan fingerprint density at radius 2 is 2.42 bits per heavy atom. The van der Waals surface area contributed by atoms with Crippen LogP contribution in [0.3, 0.4) is 0 Å². The van der Waals surface area contributed by atoms with Crippen LogP contribution in [0.25, 0.3) is 0 Å². The molecule has 2 aromatic heterocycles. The van der Waals surface area contributed by atoms with Crippen molar-refractivity contribution in [1.82, 2.24) is 24.8 Å². The highest BCUT2D eigenvalue weighted by atomic mass is 32.1. The average Bonchev–Trinajstić information content (AvgIpc) is 2.99. The van der Waals surface area contributed by atoms with E-state index in [1.165, 1.54) is 5.69 Å². The number of aromatic nitrogens is 3. The van der Waals surface area contributed by atoms with Crippen LogP contribution in [0.2, 0.25) is 0 Å². The van der Waals surface area contributed by atoms with E-state index in [0.29, 0.717) is 6.04 Å². The fourth-order valence-electron chi connectivity index (χ4n) is 2.58. The zero-order chi connectivity index (χ0) is 13.2. The maximum atomic E-state index is 4.57. The van der Waals surface area contributed by atoms with Crippen molar-refractivity contribution in [3.63, 3.8) is 0 Å². The number of nitrogens with zero attached hydrogens (tertiary/aromatic N) is 4. The van der Waals surface area contributed by atoms with Crippen molar-refractivity contribution in [2.45, 2.75) is 19.5 Å². The standard InChI is InChI=1S/C13H19N5S/c1-10-16-11(9-19-10)8-18-6-3-14-7-12(18)13-15-4-5-17(13)2/h4-5,9,12,14H,3,6-8H2,1-2H3. The molecule has 2 aromatic rings. The van der Waals surface area contributed by atoms with Crippen molar-refractivity contribution in [2.75, 3.05) is 19.6 Å². The van der Waals surface area contributed by atoms with Crippen LogP contribution in [-0.4, -0.2) is 39.1 Å². The van der Waals surface area contributed by atoms with Crippen LogP contribution in [0.4, 0.5) is 0 Å². The van der Waals surface area contributed by atoms with Crippen LogP contribution in [-0.2, 0) is 13.6 Å². The summed E-state index contributed by atoms with van der Waals surface area (Å²) >= 11 is 1.72. The van der Waals surface area contributed by atoms with Gasteiger partial charge in [-0.15, -0.1) is 11.3 Å². The minimum Gasteiger partial charge on any atom is -0.337 e. The molecular formula is C13H19N5S. The number of thiazole rings is 1. The quantitative estimate of drug-likeness (QED) is 0.919. The van der Waals surface area contributed by atoms with E-state index in [-0.39, 0.29) is 0 Å². The number of nitrogens with one attached hydrogen (secondary N) is 1. The van der Waals surface area contributed by atoms with Gasteiger partial charge in [-0.2, -0.15) is 0 Å². The number of piperazine rings is 1. The summed E-state index contributed by atoms with van der Waals surface area (Å²) in [4.78, 5) is 11.5. The summed E-state index contributed by atoms with van der Waals surface area (Å²) < 4.78 is 2.11. The monoisotopic (exact) mass is 277 g/mol. The lowest BCUT2D eigenvalue weighted by Gasteiger charge is -2.35. The molecule has 0 radical (unpaired) electrons. The predicted molar refractivity (Wildman–Crippen MR) is 76.1 cm³/mol. The van der Waals surface area contributed by atoms with E-state index in [1.807, 2.05) is 12.4 Å². The molecule has 0 amide bonds. The van der Waals surface area contributed by atoms with Crippen LogP contribution in [0.15, 0.2) is 17.8 Å². The second-order valence-corrected chi connectivity index (χ2v) is 6.01. The van der Waals surface area contributed by atoms with Crippen LogP contribution >= 0.6 is 11.3 Å². The number of hydrogen-bond donors (Lipinski definition) is 1. The maximum Gasteiger partial charge on any atom is 0.127 e. The molecule has 6 heteroatoms. The van der Waals surface area contributed by atoms with E-state index < -0.39 is 0 Å². The fraction of sp³-hybridized carbons (Fsp3) is 0.538.